The lowest BCUT2D eigenvalue weighted by atomic mass is 9.94. The van der Waals surface area contributed by atoms with Crippen LogP contribution in [0.5, 0.6) is 0 Å². The predicted molar refractivity (Wildman–Crippen MR) is 96.4 cm³/mol. The number of benzene rings is 2. The van der Waals surface area contributed by atoms with Crippen LogP contribution in [-0.2, 0) is 6.42 Å². The summed E-state index contributed by atoms with van der Waals surface area (Å²) in [6.45, 7) is 15.2. The normalized spacial score (nSPS) is 10.6. The molecule has 0 aliphatic heterocycles. The zero-order valence-corrected chi connectivity index (χ0v) is 14.5. The Kier molecular flexibility index (Phi) is 4.22. The Bertz CT molecular complexity index is 925. The summed E-state index contributed by atoms with van der Waals surface area (Å²) in [5.41, 5.74) is 8.65. The average molecular weight is 316 g/mol. The molecule has 0 aliphatic carbocycles. The van der Waals surface area contributed by atoms with Gasteiger partial charge in [-0.2, -0.15) is 0 Å². The lowest BCUT2D eigenvalue weighted by Gasteiger charge is -2.10. The van der Waals surface area contributed by atoms with E-state index in [4.69, 9.17) is 11.1 Å². The summed E-state index contributed by atoms with van der Waals surface area (Å²) in [6.07, 6.45) is 0.849. The molecule has 0 amide bonds. The highest BCUT2D eigenvalue weighted by Crippen LogP contribution is 2.30. The van der Waals surface area contributed by atoms with Gasteiger partial charge in [0, 0.05) is 5.56 Å². The summed E-state index contributed by atoms with van der Waals surface area (Å²) in [5.74, 6) is 0.847. The molecule has 0 N–H and O–H groups in total. The van der Waals surface area contributed by atoms with E-state index in [1.165, 1.54) is 16.7 Å². The number of aryl methyl sites for hydroxylation is 4. The smallest absolute Gasteiger partial charge is 0.190 e. The van der Waals surface area contributed by atoms with E-state index in [0.717, 1.165) is 40.3 Å². The van der Waals surface area contributed by atoms with Crippen molar-refractivity contribution in [1.82, 2.24) is 5.16 Å². The zero-order valence-electron chi connectivity index (χ0n) is 14.5. The maximum absolute atomic E-state index is 7.17. The number of rotatable bonds is 3. The van der Waals surface area contributed by atoms with Crippen LogP contribution in [0.4, 0.5) is 5.69 Å². The van der Waals surface area contributed by atoms with Gasteiger partial charge in [0.05, 0.1) is 12.3 Å². The fourth-order valence-electron chi connectivity index (χ4n) is 3.09. The van der Waals surface area contributed by atoms with Crippen LogP contribution >= 0.6 is 0 Å². The van der Waals surface area contributed by atoms with Crippen molar-refractivity contribution in [2.45, 2.75) is 34.1 Å². The van der Waals surface area contributed by atoms with Crippen LogP contribution < -0.4 is 0 Å². The second-order valence-electron chi connectivity index (χ2n) is 6.25. The topological polar surface area (TPSA) is 30.4 Å². The van der Waals surface area contributed by atoms with Gasteiger partial charge in [0.1, 0.15) is 5.76 Å². The summed E-state index contributed by atoms with van der Waals surface area (Å²) in [6, 6.07) is 12.6. The second kappa shape index (κ2) is 6.33. The fourth-order valence-corrected chi connectivity index (χ4v) is 3.09. The Morgan fingerprint density at radius 1 is 1.00 bits per heavy atom. The van der Waals surface area contributed by atoms with Gasteiger partial charge in [-0.1, -0.05) is 41.6 Å². The van der Waals surface area contributed by atoms with Crippen LogP contribution in [-0.4, -0.2) is 5.16 Å². The van der Waals surface area contributed by atoms with E-state index < -0.39 is 0 Å². The summed E-state index contributed by atoms with van der Waals surface area (Å²) in [4.78, 5) is 3.54. The van der Waals surface area contributed by atoms with Crippen molar-refractivity contribution in [3.05, 3.63) is 81.5 Å². The van der Waals surface area contributed by atoms with E-state index >= 15 is 0 Å². The predicted octanol–water partition coefficient (Wildman–Crippen LogP) is 5.72. The van der Waals surface area contributed by atoms with Gasteiger partial charge in [-0.15, -0.1) is 0 Å². The molecule has 1 aromatic heterocycles. The quantitative estimate of drug-likeness (QED) is 0.579. The summed E-state index contributed by atoms with van der Waals surface area (Å²) < 4.78 is 5.30. The van der Waals surface area contributed by atoms with E-state index in [0.29, 0.717) is 0 Å². The average Bonchev–Trinajstić information content (AvgIpc) is 2.89. The maximum Gasteiger partial charge on any atom is 0.190 e. The van der Waals surface area contributed by atoms with Gasteiger partial charge in [0.2, 0.25) is 0 Å². The third kappa shape index (κ3) is 2.96. The minimum Gasteiger partial charge on any atom is -0.361 e. The molecular weight excluding hydrogens is 296 g/mol. The van der Waals surface area contributed by atoms with Crippen molar-refractivity contribution >= 4 is 5.69 Å². The Morgan fingerprint density at radius 2 is 1.79 bits per heavy atom. The lowest BCUT2D eigenvalue weighted by molar-refractivity contribution is 0.393. The van der Waals surface area contributed by atoms with Gasteiger partial charge < -0.3 is 4.52 Å². The molecule has 3 aromatic rings. The maximum atomic E-state index is 7.17. The van der Waals surface area contributed by atoms with Crippen molar-refractivity contribution in [3.8, 4) is 11.1 Å². The molecule has 0 radical (unpaired) electrons. The van der Waals surface area contributed by atoms with Gasteiger partial charge in [0.25, 0.3) is 0 Å². The van der Waals surface area contributed by atoms with Crippen molar-refractivity contribution in [2.75, 3.05) is 0 Å². The molecule has 0 fully saturated rings. The molecule has 1 heterocycles. The molecular formula is C21H20N2O. The molecule has 3 nitrogen and oxygen atoms in total. The SMILES string of the molecule is [C-]#[N+]c1ccc(Cc2cc(-c3c(C)noc3C)ccc2C)cc1C. The summed E-state index contributed by atoms with van der Waals surface area (Å²) >= 11 is 0. The van der Waals surface area contributed by atoms with Gasteiger partial charge in [-0.3, -0.25) is 0 Å². The molecule has 2 aromatic carbocycles. The number of nitrogens with zero attached hydrogens (tertiary/aromatic N) is 2. The molecule has 0 atom stereocenters. The van der Waals surface area contributed by atoms with Gasteiger partial charge >= 0.3 is 0 Å². The number of hydrogen-bond donors (Lipinski definition) is 0. The first-order valence-electron chi connectivity index (χ1n) is 7.99. The molecule has 24 heavy (non-hydrogen) atoms. The first kappa shape index (κ1) is 16.0. The Hall–Kier alpha value is -2.86. The molecule has 120 valence electrons. The van der Waals surface area contributed by atoms with Crippen LogP contribution in [0.3, 0.4) is 0 Å². The first-order chi connectivity index (χ1) is 11.5. The summed E-state index contributed by atoms with van der Waals surface area (Å²) in [5, 5.41) is 4.06. The third-order valence-electron chi connectivity index (χ3n) is 4.45. The standard InChI is InChI=1S/C21H20N2O/c1-13-6-8-18(21-15(3)23-24-16(21)4)12-19(13)11-17-7-9-20(22-5)14(2)10-17/h6-10,12H,11H2,1-4H3. The highest BCUT2D eigenvalue weighted by molar-refractivity contribution is 5.69. The molecule has 0 spiro atoms. The van der Waals surface area contributed by atoms with Crippen molar-refractivity contribution in [3.63, 3.8) is 0 Å². The summed E-state index contributed by atoms with van der Waals surface area (Å²) in [7, 11) is 0. The van der Waals surface area contributed by atoms with Crippen molar-refractivity contribution < 1.29 is 4.52 Å². The van der Waals surface area contributed by atoms with Crippen molar-refractivity contribution in [2.24, 2.45) is 0 Å². The number of aromatic nitrogens is 1. The second-order valence-corrected chi connectivity index (χ2v) is 6.25. The van der Waals surface area contributed by atoms with Gasteiger partial charge in [0.15, 0.2) is 5.69 Å². The molecule has 0 aliphatic rings. The van der Waals surface area contributed by atoms with Crippen LogP contribution in [0.25, 0.3) is 16.0 Å². The highest BCUT2D eigenvalue weighted by atomic mass is 16.5. The van der Waals surface area contributed by atoms with E-state index in [2.05, 4.69) is 41.2 Å². The fraction of sp³-hybridized carbons (Fsp3) is 0.238. The Morgan fingerprint density at radius 3 is 2.42 bits per heavy atom. The largest absolute Gasteiger partial charge is 0.361 e. The van der Waals surface area contributed by atoms with Gasteiger partial charge in [-0.05, 0) is 61.9 Å². The van der Waals surface area contributed by atoms with E-state index in [9.17, 15) is 0 Å². The van der Waals surface area contributed by atoms with Crippen molar-refractivity contribution in [1.29, 1.82) is 0 Å². The molecule has 3 rings (SSSR count). The first-order valence-corrected chi connectivity index (χ1v) is 7.99. The van der Waals surface area contributed by atoms with Crippen LogP contribution in [0, 0.1) is 34.3 Å². The van der Waals surface area contributed by atoms with E-state index in [-0.39, 0.29) is 0 Å². The Balaban J connectivity index is 1.99. The van der Waals surface area contributed by atoms with E-state index in [1.807, 2.05) is 32.9 Å². The monoisotopic (exact) mass is 316 g/mol. The lowest BCUT2D eigenvalue weighted by Crippen LogP contribution is -1.94. The minimum atomic E-state index is 0.722. The molecule has 0 unspecified atom stereocenters. The molecule has 0 saturated heterocycles. The van der Waals surface area contributed by atoms with Crippen LogP contribution in [0.15, 0.2) is 40.9 Å². The number of hydrogen-bond acceptors (Lipinski definition) is 2. The zero-order chi connectivity index (χ0) is 17.3. The third-order valence-corrected chi connectivity index (χ3v) is 4.45. The molecule has 0 bridgehead atoms. The Labute approximate surface area is 142 Å². The van der Waals surface area contributed by atoms with Crippen LogP contribution in [0.2, 0.25) is 0 Å². The molecule has 0 saturated carbocycles. The van der Waals surface area contributed by atoms with E-state index in [1.54, 1.807) is 0 Å². The van der Waals surface area contributed by atoms with Gasteiger partial charge in [-0.25, -0.2) is 4.85 Å². The van der Waals surface area contributed by atoms with Crippen LogP contribution in [0.1, 0.15) is 33.7 Å². The highest BCUT2D eigenvalue weighted by Gasteiger charge is 2.13. The minimum absolute atomic E-state index is 0.722. The molecule has 3 heteroatoms.